The Bertz CT molecular complexity index is 383. The monoisotopic (exact) mass is 247 g/mol. The molecule has 18 heavy (non-hydrogen) atoms. The number of phenolic OH excluding ortho intramolecular Hbond substituents is 1. The molecule has 0 aromatic heterocycles. The van der Waals surface area contributed by atoms with E-state index in [2.05, 4.69) is 12.2 Å². The Hall–Kier alpha value is -1.02. The third-order valence-electron chi connectivity index (χ3n) is 4.29. The molecule has 0 radical (unpaired) electrons. The van der Waals surface area contributed by atoms with Crippen LogP contribution in [0.1, 0.15) is 50.2 Å². The average Bonchev–Trinajstić information content (AvgIpc) is 2.41. The highest BCUT2D eigenvalue weighted by atomic mass is 16.3. The van der Waals surface area contributed by atoms with Crippen LogP contribution in [0.5, 0.6) is 5.75 Å². The summed E-state index contributed by atoms with van der Waals surface area (Å²) in [6, 6.07) is 6.51. The van der Waals surface area contributed by atoms with Crippen molar-refractivity contribution in [3.05, 3.63) is 29.3 Å². The van der Waals surface area contributed by atoms with E-state index in [9.17, 15) is 5.11 Å². The fourth-order valence-corrected chi connectivity index (χ4v) is 2.93. The van der Waals surface area contributed by atoms with Gasteiger partial charge < -0.3 is 10.4 Å². The summed E-state index contributed by atoms with van der Waals surface area (Å²) in [5.74, 6) is 1.26. The summed E-state index contributed by atoms with van der Waals surface area (Å²) in [7, 11) is 0. The van der Waals surface area contributed by atoms with Crippen molar-refractivity contribution in [2.24, 2.45) is 5.92 Å². The van der Waals surface area contributed by atoms with E-state index in [0.29, 0.717) is 11.8 Å². The summed E-state index contributed by atoms with van der Waals surface area (Å²) in [6.45, 7) is 5.00. The first-order valence-corrected chi connectivity index (χ1v) is 7.19. The number of hydrogen-bond acceptors (Lipinski definition) is 2. The number of aryl methyl sites for hydroxylation is 1. The molecule has 2 heteroatoms. The normalized spacial score (nSPS) is 18.8. The van der Waals surface area contributed by atoms with Gasteiger partial charge in [-0.15, -0.1) is 0 Å². The molecule has 1 fully saturated rings. The van der Waals surface area contributed by atoms with Crippen molar-refractivity contribution in [1.82, 2.24) is 5.32 Å². The topological polar surface area (TPSA) is 32.3 Å². The maximum absolute atomic E-state index is 9.98. The molecule has 1 aromatic rings. The molecule has 1 atom stereocenters. The zero-order valence-electron chi connectivity index (χ0n) is 11.6. The summed E-state index contributed by atoms with van der Waals surface area (Å²) >= 11 is 0. The Morgan fingerprint density at radius 2 is 2.00 bits per heavy atom. The Morgan fingerprint density at radius 1 is 1.28 bits per heavy atom. The van der Waals surface area contributed by atoms with Gasteiger partial charge in [0, 0.05) is 18.2 Å². The lowest BCUT2D eigenvalue weighted by Crippen LogP contribution is -2.34. The first-order valence-electron chi connectivity index (χ1n) is 7.19. The van der Waals surface area contributed by atoms with Crippen molar-refractivity contribution in [1.29, 1.82) is 0 Å². The maximum Gasteiger partial charge on any atom is 0.122 e. The molecule has 2 rings (SSSR count). The van der Waals surface area contributed by atoms with Crippen LogP contribution in [-0.2, 0) is 6.54 Å². The summed E-state index contributed by atoms with van der Waals surface area (Å²) in [5, 5.41) is 13.6. The predicted octanol–water partition coefficient (Wildman–Crippen LogP) is 3.76. The molecule has 0 heterocycles. The van der Waals surface area contributed by atoms with E-state index in [0.717, 1.165) is 23.6 Å². The van der Waals surface area contributed by atoms with Gasteiger partial charge in [-0.1, -0.05) is 37.5 Å². The van der Waals surface area contributed by atoms with E-state index in [1.807, 2.05) is 25.1 Å². The van der Waals surface area contributed by atoms with Crippen molar-refractivity contribution in [2.75, 3.05) is 0 Å². The molecule has 2 nitrogen and oxygen atoms in total. The molecule has 0 aliphatic heterocycles. The predicted molar refractivity (Wildman–Crippen MR) is 75.7 cm³/mol. The Morgan fingerprint density at radius 3 is 2.72 bits per heavy atom. The third kappa shape index (κ3) is 3.26. The van der Waals surface area contributed by atoms with Gasteiger partial charge in [-0.25, -0.2) is 0 Å². The van der Waals surface area contributed by atoms with Crippen LogP contribution in [0.2, 0.25) is 0 Å². The Balaban J connectivity index is 1.88. The number of hydrogen-bond donors (Lipinski definition) is 2. The summed E-state index contributed by atoms with van der Waals surface area (Å²) in [4.78, 5) is 0. The van der Waals surface area contributed by atoms with Crippen molar-refractivity contribution in [3.63, 3.8) is 0 Å². The molecule has 1 aliphatic carbocycles. The molecule has 2 N–H and O–H groups in total. The van der Waals surface area contributed by atoms with Gasteiger partial charge >= 0.3 is 0 Å². The van der Waals surface area contributed by atoms with Crippen LogP contribution in [0.3, 0.4) is 0 Å². The van der Waals surface area contributed by atoms with Gasteiger partial charge in [0.05, 0.1) is 0 Å². The first kappa shape index (κ1) is 13.4. The van der Waals surface area contributed by atoms with Crippen LogP contribution in [0.25, 0.3) is 0 Å². The van der Waals surface area contributed by atoms with Gasteiger partial charge in [0.25, 0.3) is 0 Å². The van der Waals surface area contributed by atoms with Crippen molar-refractivity contribution >= 4 is 0 Å². The summed E-state index contributed by atoms with van der Waals surface area (Å²) in [5.41, 5.74) is 1.97. The molecule has 100 valence electrons. The van der Waals surface area contributed by atoms with E-state index in [-0.39, 0.29) is 0 Å². The minimum Gasteiger partial charge on any atom is -0.507 e. The molecule has 0 amide bonds. The SMILES string of the molecule is Cc1cccc(CN[C@@H](C)C2CCCCC2)c1O. The highest BCUT2D eigenvalue weighted by molar-refractivity contribution is 5.39. The van der Waals surface area contributed by atoms with Crippen molar-refractivity contribution in [3.8, 4) is 5.75 Å². The fourth-order valence-electron chi connectivity index (χ4n) is 2.93. The lowest BCUT2D eigenvalue weighted by molar-refractivity contribution is 0.280. The summed E-state index contributed by atoms with van der Waals surface area (Å²) in [6.07, 6.45) is 6.88. The molecule has 0 unspecified atom stereocenters. The fraction of sp³-hybridized carbons (Fsp3) is 0.625. The lowest BCUT2D eigenvalue weighted by Gasteiger charge is -2.28. The van der Waals surface area contributed by atoms with Gasteiger partial charge in [0.2, 0.25) is 0 Å². The zero-order chi connectivity index (χ0) is 13.0. The zero-order valence-corrected chi connectivity index (χ0v) is 11.6. The van der Waals surface area contributed by atoms with E-state index in [4.69, 9.17) is 0 Å². The lowest BCUT2D eigenvalue weighted by atomic mass is 9.84. The van der Waals surface area contributed by atoms with E-state index < -0.39 is 0 Å². The molecule has 1 saturated carbocycles. The second-order valence-corrected chi connectivity index (χ2v) is 5.65. The summed E-state index contributed by atoms with van der Waals surface area (Å²) < 4.78 is 0. The molecule has 1 aromatic carbocycles. The van der Waals surface area contributed by atoms with Crippen LogP contribution in [0, 0.1) is 12.8 Å². The highest BCUT2D eigenvalue weighted by Gasteiger charge is 2.19. The number of para-hydroxylation sites is 1. The van der Waals surface area contributed by atoms with Crippen LogP contribution >= 0.6 is 0 Å². The van der Waals surface area contributed by atoms with Crippen LogP contribution in [0.15, 0.2) is 18.2 Å². The van der Waals surface area contributed by atoms with Crippen molar-refractivity contribution < 1.29 is 5.11 Å². The van der Waals surface area contributed by atoms with Crippen LogP contribution < -0.4 is 5.32 Å². The number of nitrogens with one attached hydrogen (secondary N) is 1. The smallest absolute Gasteiger partial charge is 0.122 e. The molecular weight excluding hydrogens is 222 g/mol. The Kier molecular flexibility index (Phi) is 4.65. The minimum atomic E-state index is 0.445. The van der Waals surface area contributed by atoms with Crippen molar-refractivity contribution in [2.45, 2.75) is 58.5 Å². The van der Waals surface area contributed by atoms with E-state index in [1.54, 1.807) is 0 Å². The van der Waals surface area contributed by atoms with E-state index in [1.165, 1.54) is 32.1 Å². The molecular formula is C16H25NO. The van der Waals surface area contributed by atoms with Crippen LogP contribution in [-0.4, -0.2) is 11.1 Å². The first-order chi connectivity index (χ1) is 8.68. The second kappa shape index (κ2) is 6.24. The third-order valence-corrected chi connectivity index (χ3v) is 4.29. The Labute approximate surface area is 110 Å². The number of phenols is 1. The van der Waals surface area contributed by atoms with Gasteiger partial charge in [-0.3, -0.25) is 0 Å². The van der Waals surface area contributed by atoms with Gasteiger partial charge in [-0.2, -0.15) is 0 Å². The molecule has 0 spiro atoms. The highest BCUT2D eigenvalue weighted by Crippen LogP contribution is 2.27. The molecule has 0 saturated heterocycles. The number of aromatic hydroxyl groups is 1. The maximum atomic E-state index is 9.98. The molecule has 1 aliphatic rings. The minimum absolute atomic E-state index is 0.445. The largest absolute Gasteiger partial charge is 0.507 e. The molecule has 0 bridgehead atoms. The van der Waals surface area contributed by atoms with E-state index >= 15 is 0 Å². The van der Waals surface area contributed by atoms with Gasteiger partial charge in [-0.05, 0) is 38.2 Å². The number of rotatable bonds is 4. The van der Waals surface area contributed by atoms with Gasteiger partial charge in [0.1, 0.15) is 5.75 Å². The average molecular weight is 247 g/mol. The van der Waals surface area contributed by atoms with Crippen LogP contribution in [0.4, 0.5) is 0 Å². The quantitative estimate of drug-likeness (QED) is 0.849. The standard InChI is InChI=1S/C16H25NO/c1-12-7-6-10-15(16(12)18)11-17-13(2)14-8-4-3-5-9-14/h6-7,10,13-14,17-18H,3-5,8-9,11H2,1-2H3/t13-/m0/s1. The van der Waals surface area contributed by atoms with Gasteiger partial charge in [0.15, 0.2) is 0 Å². The second-order valence-electron chi connectivity index (χ2n) is 5.65. The number of benzene rings is 1.